The minimum Gasteiger partial charge on any atom is -0.318 e. The zero-order valence-corrected chi connectivity index (χ0v) is 9.44. The van der Waals surface area contributed by atoms with E-state index in [0.29, 0.717) is 6.42 Å². The fourth-order valence-electron chi connectivity index (χ4n) is 1.75. The molecule has 2 rings (SSSR count). The van der Waals surface area contributed by atoms with Gasteiger partial charge in [-0.1, -0.05) is 0 Å². The highest BCUT2D eigenvalue weighted by Gasteiger charge is 2.49. The quantitative estimate of drug-likeness (QED) is 0.765. The average molecular weight is 232 g/mol. The first kappa shape index (κ1) is 10.1. The van der Waals surface area contributed by atoms with E-state index in [2.05, 4.69) is 4.98 Å². The Hall–Kier alpha value is -0.460. The topological polar surface area (TPSA) is 73.0 Å². The molecule has 0 amide bonds. The molecule has 2 unspecified atom stereocenters. The van der Waals surface area contributed by atoms with Crippen LogP contribution in [0.2, 0.25) is 0 Å². The Morgan fingerprint density at radius 3 is 2.86 bits per heavy atom. The molecule has 1 saturated heterocycles. The van der Waals surface area contributed by atoms with E-state index in [1.807, 2.05) is 5.38 Å². The first-order chi connectivity index (χ1) is 6.47. The highest BCUT2D eigenvalue weighted by atomic mass is 32.2. The molecule has 0 bridgehead atoms. The molecule has 4 nitrogen and oxygen atoms in total. The molecular formula is C8H12N2O2S2. The second-order valence-electron chi connectivity index (χ2n) is 3.64. The number of thiazole rings is 1. The summed E-state index contributed by atoms with van der Waals surface area (Å²) in [5, 5.41) is 2.02. The summed E-state index contributed by atoms with van der Waals surface area (Å²) in [7, 11) is -3.02. The molecule has 1 aliphatic rings. The van der Waals surface area contributed by atoms with E-state index in [-0.39, 0.29) is 5.75 Å². The summed E-state index contributed by atoms with van der Waals surface area (Å²) >= 11 is 1.42. The van der Waals surface area contributed by atoms with Crippen LogP contribution in [0, 0.1) is 0 Å². The van der Waals surface area contributed by atoms with Gasteiger partial charge in [-0.15, -0.1) is 11.3 Å². The van der Waals surface area contributed by atoms with Gasteiger partial charge in [-0.25, -0.2) is 13.4 Å². The van der Waals surface area contributed by atoms with E-state index in [9.17, 15) is 8.42 Å². The van der Waals surface area contributed by atoms with Crippen molar-refractivity contribution in [1.29, 1.82) is 0 Å². The molecule has 2 heterocycles. The standard InChI is InChI=1S/C8H12N2O2S2/c1-6-8(9,2-5-14(6,11)12)7-10-3-4-13-7/h3-4,6H,2,5,9H2,1H3. The lowest BCUT2D eigenvalue weighted by Gasteiger charge is -2.24. The minimum atomic E-state index is -3.02. The summed E-state index contributed by atoms with van der Waals surface area (Å²) in [5.74, 6) is 0.171. The maximum absolute atomic E-state index is 11.6. The second-order valence-corrected chi connectivity index (χ2v) is 6.97. The molecule has 14 heavy (non-hydrogen) atoms. The van der Waals surface area contributed by atoms with Crippen molar-refractivity contribution in [2.75, 3.05) is 5.75 Å². The van der Waals surface area contributed by atoms with E-state index >= 15 is 0 Å². The molecule has 1 aliphatic heterocycles. The number of aromatic nitrogens is 1. The SMILES string of the molecule is CC1C(N)(c2nccs2)CCS1(=O)=O. The lowest BCUT2D eigenvalue weighted by molar-refractivity contribution is 0.440. The van der Waals surface area contributed by atoms with Crippen molar-refractivity contribution in [3.05, 3.63) is 16.6 Å². The van der Waals surface area contributed by atoms with E-state index in [1.165, 1.54) is 11.3 Å². The summed E-state index contributed by atoms with van der Waals surface area (Å²) in [4.78, 5) is 4.12. The summed E-state index contributed by atoms with van der Waals surface area (Å²) in [6.07, 6.45) is 2.14. The summed E-state index contributed by atoms with van der Waals surface area (Å²) in [5.41, 5.74) is 5.34. The summed E-state index contributed by atoms with van der Waals surface area (Å²) < 4.78 is 23.1. The van der Waals surface area contributed by atoms with Crippen molar-refractivity contribution < 1.29 is 8.42 Å². The molecular weight excluding hydrogens is 220 g/mol. The Bertz CT molecular complexity index is 426. The highest BCUT2D eigenvalue weighted by Crippen LogP contribution is 2.37. The van der Waals surface area contributed by atoms with Crippen molar-refractivity contribution in [3.63, 3.8) is 0 Å². The Labute approximate surface area is 87.1 Å². The molecule has 0 radical (unpaired) electrons. The van der Waals surface area contributed by atoms with Gasteiger partial charge in [0.2, 0.25) is 0 Å². The molecule has 2 atom stereocenters. The summed E-state index contributed by atoms with van der Waals surface area (Å²) in [6.45, 7) is 1.67. The Morgan fingerprint density at radius 2 is 2.43 bits per heavy atom. The van der Waals surface area contributed by atoms with Gasteiger partial charge in [0.1, 0.15) is 5.01 Å². The molecule has 2 N–H and O–H groups in total. The van der Waals surface area contributed by atoms with Gasteiger partial charge in [-0.3, -0.25) is 0 Å². The molecule has 1 aromatic rings. The lowest BCUT2D eigenvalue weighted by atomic mass is 9.95. The molecule has 0 saturated carbocycles. The van der Waals surface area contributed by atoms with Gasteiger partial charge in [0.05, 0.1) is 16.5 Å². The molecule has 78 valence electrons. The maximum Gasteiger partial charge on any atom is 0.155 e. The van der Waals surface area contributed by atoms with Crippen LogP contribution >= 0.6 is 11.3 Å². The third-order valence-electron chi connectivity index (χ3n) is 2.89. The van der Waals surface area contributed by atoms with Crippen molar-refractivity contribution in [2.24, 2.45) is 5.73 Å². The number of nitrogens with zero attached hydrogens (tertiary/aromatic N) is 1. The number of rotatable bonds is 1. The van der Waals surface area contributed by atoms with Crippen LogP contribution in [-0.4, -0.2) is 24.4 Å². The highest BCUT2D eigenvalue weighted by molar-refractivity contribution is 7.92. The van der Waals surface area contributed by atoms with Crippen LogP contribution in [0.4, 0.5) is 0 Å². The first-order valence-corrected chi connectivity index (χ1v) is 6.97. The van der Waals surface area contributed by atoms with Crippen molar-refractivity contribution >= 4 is 21.2 Å². The monoisotopic (exact) mass is 232 g/mol. The Balaban J connectivity index is 2.45. The normalized spacial score (nSPS) is 36.0. The van der Waals surface area contributed by atoms with Gasteiger partial charge in [-0.2, -0.15) is 0 Å². The van der Waals surface area contributed by atoms with E-state index in [0.717, 1.165) is 5.01 Å². The van der Waals surface area contributed by atoms with Gasteiger partial charge in [0.15, 0.2) is 9.84 Å². The molecule has 1 fully saturated rings. The number of sulfone groups is 1. The van der Waals surface area contributed by atoms with Crippen LogP contribution in [-0.2, 0) is 15.4 Å². The van der Waals surface area contributed by atoms with E-state index in [1.54, 1.807) is 13.1 Å². The van der Waals surface area contributed by atoms with Gasteiger partial charge in [0, 0.05) is 11.6 Å². The third-order valence-corrected chi connectivity index (χ3v) is 6.13. The smallest absolute Gasteiger partial charge is 0.155 e. The predicted octanol–water partition coefficient (Wildman–Crippen LogP) is 0.504. The van der Waals surface area contributed by atoms with Crippen LogP contribution < -0.4 is 5.73 Å². The van der Waals surface area contributed by atoms with Gasteiger partial charge in [-0.05, 0) is 13.3 Å². The fourth-order valence-corrected chi connectivity index (χ4v) is 4.54. The molecule has 0 spiro atoms. The fraction of sp³-hybridized carbons (Fsp3) is 0.625. The Kier molecular flexibility index (Phi) is 2.17. The van der Waals surface area contributed by atoms with Gasteiger partial charge >= 0.3 is 0 Å². The van der Waals surface area contributed by atoms with Crippen LogP contribution in [0.15, 0.2) is 11.6 Å². The second kappa shape index (κ2) is 3.01. The van der Waals surface area contributed by atoms with E-state index in [4.69, 9.17) is 5.73 Å². The molecule has 0 aromatic carbocycles. The van der Waals surface area contributed by atoms with Crippen LogP contribution in [0.3, 0.4) is 0 Å². The first-order valence-electron chi connectivity index (χ1n) is 4.37. The molecule has 1 aromatic heterocycles. The predicted molar refractivity (Wildman–Crippen MR) is 55.8 cm³/mol. The third kappa shape index (κ3) is 1.29. The molecule has 0 aliphatic carbocycles. The summed E-state index contributed by atoms with van der Waals surface area (Å²) in [6, 6.07) is 0. The van der Waals surface area contributed by atoms with Crippen molar-refractivity contribution in [2.45, 2.75) is 24.1 Å². The van der Waals surface area contributed by atoms with E-state index < -0.39 is 20.6 Å². The number of nitrogens with two attached hydrogens (primary N) is 1. The zero-order chi connectivity index (χ0) is 10.4. The number of hydrogen-bond donors (Lipinski definition) is 1. The van der Waals surface area contributed by atoms with Gasteiger partial charge < -0.3 is 5.73 Å². The maximum atomic E-state index is 11.6. The largest absolute Gasteiger partial charge is 0.318 e. The van der Waals surface area contributed by atoms with Gasteiger partial charge in [0.25, 0.3) is 0 Å². The minimum absolute atomic E-state index is 0.171. The van der Waals surface area contributed by atoms with Crippen LogP contribution in [0.5, 0.6) is 0 Å². The zero-order valence-electron chi connectivity index (χ0n) is 7.80. The average Bonchev–Trinajstić information content (AvgIpc) is 2.71. The van der Waals surface area contributed by atoms with Crippen LogP contribution in [0.25, 0.3) is 0 Å². The van der Waals surface area contributed by atoms with Crippen LogP contribution in [0.1, 0.15) is 18.4 Å². The lowest BCUT2D eigenvalue weighted by Crippen LogP contribution is -2.44. The van der Waals surface area contributed by atoms with Crippen molar-refractivity contribution in [1.82, 2.24) is 4.98 Å². The number of hydrogen-bond acceptors (Lipinski definition) is 5. The van der Waals surface area contributed by atoms with Crippen molar-refractivity contribution in [3.8, 4) is 0 Å². The Morgan fingerprint density at radius 1 is 1.71 bits per heavy atom. The molecule has 6 heteroatoms.